The molecule has 1 aromatic heterocycles. The van der Waals surface area contributed by atoms with Gasteiger partial charge in [0.1, 0.15) is 5.52 Å². The molecule has 2 aromatic carbocycles. The Morgan fingerprint density at radius 2 is 2.23 bits per heavy atom. The predicted octanol–water partition coefficient (Wildman–Crippen LogP) is 5.99. The summed E-state index contributed by atoms with van der Waals surface area (Å²) in [6, 6.07) is 6.46. The van der Waals surface area contributed by atoms with E-state index in [-0.39, 0.29) is 22.9 Å². The van der Waals surface area contributed by atoms with E-state index in [9.17, 15) is 9.90 Å². The fourth-order valence-corrected chi connectivity index (χ4v) is 4.39. The lowest BCUT2D eigenvalue weighted by Gasteiger charge is -2.22. The molecule has 1 aliphatic heterocycles. The molecule has 2 heterocycles. The quantitative estimate of drug-likeness (QED) is 0.438. The third-order valence-corrected chi connectivity index (χ3v) is 6.05. The third kappa shape index (κ3) is 4.31. The zero-order valence-corrected chi connectivity index (χ0v) is 18.3. The molecule has 9 heteroatoms. The van der Waals surface area contributed by atoms with E-state index >= 15 is 4.39 Å². The number of nitrogens with one attached hydrogen (secondary N) is 1. The van der Waals surface area contributed by atoms with Crippen LogP contribution in [0.4, 0.5) is 15.8 Å². The molecule has 158 valence electrons. The van der Waals surface area contributed by atoms with Crippen LogP contribution in [0.15, 0.2) is 35.1 Å². The SMILES string of the molecule is O=C(O)c1cc2c(ncn2CCC2CCCCO2)c(F)c1Nc1ccc(Br)cc1Cl. The molecular formula is C21H20BrClFN3O3. The lowest BCUT2D eigenvalue weighted by molar-refractivity contribution is 0.00896. The van der Waals surface area contributed by atoms with Crippen molar-refractivity contribution in [1.29, 1.82) is 0 Å². The molecule has 2 N–H and O–H groups in total. The van der Waals surface area contributed by atoms with Crippen molar-refractivity contribution in [3.8, 4) is 0 Å². The first-order valence-corrected chi connectivity index (χ1v) is 10.9. The average Bonchev–Trinajstić information content (AvgIpc) is 3.14. The number of halogens is 3. The molecule has 0 aliphatic carbocycles. The fourth-order valence-electron chi connectivity index (χ4n) is 3.67. The van der Waals surface area contributed by atoms with Gasteiger partial charge in [-0.2, -0.15) is 0 Å². The van der Waals surface area contributed by atoms with Gasteiger partial charge in [0.05, 0.1) is 39.9 Å². The van der Waals surface area contributed by atoms with Gasteiger partial charge in [0.2, 0.25) is 0 Å². The molecule has 0 saturated carbocycles. The van der Waals surface area contributed by atoms with E-state index in [4.69, 9.17) is 16.3 Å². The minimum absolute atomic E-state index is 0.111. The molecule has 6 nitrogen and oxygen atoms in total. The number of carbonyl (C=O) groups is 1. The number of anilines is 2. The number of hydrogen-bond acceptors (Lipinski definition) is 4. The van der Waals surface area contributed by atoms with E-state index in [1.807, 2.05) is 0 Å². The van der Waals surface area contributed by atoms with Crippen LogP contribution in [-0.4, -0.2) is 33.3 Å². The van der Waals surface area contributed by atoms with Crippen LogP contribution in [0.3, 0.4) is 0 Å². The van der Waals surface area contributed by atoms with Gasteiger partial charge in [-0.05, 0) is 49.9 Å². The van der Waals surface area contributed by atoms with Crippen LogP contribution >= 0.6 is 27.5 Å². The van der Waals surface area contributed by atoms with E-state index in [1.165, 1.54) is 6.07 Å². The summed E-state index contributed by atoms with van der Waals surface area (Å²) in [6.07, 6.45) is 5.70. The van der Waals surface area contributed by atoms with Crippen molar-refractivity contribution < 1.29 is 19.0 Å². The second kappa shape index (κ2) is 8.91. The van der Waals surface area contributed by atoms with Crippen LogP contribution < -0.4 is 5.32 Å². The fraction of sp³-hybridized carbons (Fsp3) is 0.333. The summed E-state index contributed by atoms with van der Waals surface area (Å²) in [4.78, 5) is 16.1. The minimum atomic E-state index is -1.24. The maximum Gasteiger partial charge on any atom is 0.338 e. The third-order valence-electron chi connectivity index (χ3n) is 5.24. The lowest BCUT2D eigenvalue weighted by atomic mass is 10.1. The Morgan fingerprint density at radius 3 is 2.93 bits per heavy atom. The first-order valence-electron chi connectivity index (χ1n) is 9.68. The molecule has 1 saturated heterocycles. The maximum absolute atomic E-state index is 15.3. The van der Waals surface area contributed by atoms with Gasteiger partial charge in [-0.3, -0.25) is 0 Å². The largest absolute Gasteiger partial charge is 0.478 e. The van der Waals surface area contributed by atoms with Gasteiger partial charge in [-0.25, -0.2) is 14.2 Å². The second-order valence-corrected chi connectivity index (χ2v) is 8.57. The van der Waals surface area contributed by atoms with Crippen LogP contribution in [0.25, 0.3) is 11.0 Å². The van der Waals surface area contributed by atoms with Crippen molar-refractivity contribution in [3.05, 3.63) is 51.5 Å². The first kappa shape index (κ1) is 21.1. The van der Waals surface area contributed by atoms with Gasteiger partial charge in [-0.15, -0.1) is 0 Å². The number of benzene rings is 2. The number of aromatic carboxylic acids is 1. The van der Waals surface area contributed by atoms with Gasteiger partial charge in [0.25, 0.3) is 0 Å². The zero-order chi connectivity index (χ0) is 21.3. The van der Waals surface area contributed by atoms with Crippen molar-refractivity contribution in [1.82, 2.24) is 9.55 Å². The van der Waals surface area contributed by atoms with Crippen LogP contribution in [0.2, 0.25) is 5.02 Å². The topological polar surface area (TPSA) is 76.4 Å². The molecule has 1 fully saturated rings. The van der Waals surface area contributed by atoms with Gasteiger partial charge in [0.15, 0.2) is 5.82 Å². The molecule has 4 rings (SSSR count). The first-order chi connectivity index (χ1) is 14.4. The average molecular weight is 497 g/mol. The Kier molecular flexibility index (Phi) is 6.26. The van der Waals surface area contributed by atoms with Crippen LogP contribution in [0, 0.1) is 5.82 Å². The Bertz CT molecular complexity index is 1100. The van der Waals surface area contributed by atoms with Crippen molar-refractivity contribution in [2.75, 3.05) is 11.9 Å². The molecule has 0 spiro atoms. The van der Waals surface area contributed by atoms with Gasteiger partial charge < -0.3 is 19.7 Å². The highest BCUT2D eigenvalue weighted by Gasteiger charge is 2.23. The molecular weight excluding hydrogens is 477 g/mol. The van der Waals surface area contributed by atoms with Crippen LogP contribution in [-0.2, 0) is 11.3 Å². The van der Waals surface area contributed by atoms with Crippen LogP contribution in [0.5, 0.6) is 0 Å². The highest BCUT2D eigenvalue weighted by Crippen LogP contribution is 2.34. The number of carboxylic acid groups (broad SMARTS) is 1. The van der Waals surface area contributed by atoms with Crippen molar-refractivity contribution >= 4 is 55.9 Å². The summed E-state index contributed by atoms with van der Waals surface area (Å²) >= 11 is 9.52. The van der Waals surface area contributed by atoms with E-state index in [2.05, 4.69) is 26.2 Å². The van der Waals surface area contributed by atoms with E-state index in [1.54, 1.807) is 29.1 Å². The van der Waals surface area contributed by atoms with E-state index in [0.717, 1.165) is 36.8 Å². The summed E-state index contributed by atoms with van der Waals surface area (Å²) in [5, 5.41) is 12.9. The van der Waals surface area contributed by atoms with Gasteiger partial charge in [-0.1, -0.05) is 27.5 Å². The standard InChI is InChI=1S/C21H20BrClFN3O3/c22-12-4-5-16(15(23)9-12)26-19-14(21(28)29)10-17-20(18(19)24)25-11-27(17)7-6-13-3-1-2-8-30-13/h4-5,9-11,13,26H,1-3,6-8H2,(H,28,29). The zero-order valence-electron chi connectivity index (χ0n) is 16.0. The summed E-state index contributed by atoms with van der Waals surface area (Å²) in [5.74, 6) is -1.97. The van der Waals surface area contributed by atoms with Crippen molar-refractivity contribution in [2.45, 2.75) is 38.3 Å². The normalized spacial score (nSPS) is 16.7. The molecule has 0 bridgehead atoms. The molecule has 1 unspecified atom stereocenters. The van der Waals surface area contributed by atoms with Crippen LogP contribution in [0.1, 0.15) is 36.0 Å². The molecule has 1 aliphatic rings. The molecule has 0 amide bonds. The Labute approximate surface area is 186 Å². The Hall–Kier alpha value is -2.16. The Morgan fingerprint density at radius 1 is 1.40 bits per heavy atom. The minimum Gasteiger partial charge on any atom is -0.478 e. The highest BCUT2D eigenvalue weighted by molar-refractivity contribution is 9.10. The monoisotopic (exact) mass is 495 g/mol. The van der Waals surface area contributed by atoms with Crippen molar-refractivity contribution in [2.24, 2.45) is 0 Å². The number of hydrogen-bond donors (Lipinski definition) is 2. The number of rotatable bonds is 6. The summed E-state index contributed by atoms with van der Waals surface area (Å²) in [7, 11) is 0. The number of ether oxygens (including phenoxy) is 1. The number of imidazole rings is 1. The smallest absolute Gasteiger partial charge is 0.338 e. The summed E-state index contributed by atoms with van der Waals surface area (Å²) < 4.78 is 23.6. The number of aryl methyl sites for hydroxylation is 1. The van der Waals surface area contributed by atoms with E-state index < -0.39 is 11.8 Å². The molecule has 3 aromatic rings. The van der Waals surface area contributed by atoms with Gasteiger partial charge >= 0.3 is 5.97 Å². The lowest BCUT2D eigenvalue weighted by Crippen LogP contribution is -2.20. The number of fused-ring (bicyclic) bond motifs is 1. The highest BCUT2D eigenvalue weighted by atomic mass is 79.9. The number of aromatic nitrogens is 2. The second-order valence-electron chi connectivity index (χ2n) is 7.25. The maximum atomic E-state index is 15.3. The molecule has 0 radical (unpaired) electrons. The summed E-state index contributed by atoms with van der Waals surface area (Å²) in [5.41, 5.74) is 0.595. The molecule has 30 heavy (non-hydrogen) atoms. The number of carboxylic acids is 1. The Balaban J connectivity index is 1.68. The van der Waals surface area contributed by atoms with Gasteiger partial charge in [0, 0.05) is 17.6 Å². The van der Waals surface area contributed by atoms with E-state index in [0.29, 0.717) is 22.8 Å². The predicted molar refractivity (Wildman–Crippen MR) is 117 cm³/mol. The summed E-state index contributed by atoms with van der Waals surface area (Å²) in [6.45, 7) is 1.34. The van der Waals surface area contributed by atoms with Crippen molar-refractivity contribution in [3.63, 3.8) is 0 Å². The number of nitrogens with zero attached hydrogens (tertiary/aromatic N) is 2. The molecule has 1 atom stereocenters.